The molecule has 1 unspecified atom stereocenters. The summed E-state index contributed by atoms with van der Waals surface area (Å²) in [5.41, 5.74) is 3.89. The number of hydrogen-bond acceptors (Lipinski definition) is 3. The first-order chi connectivity index (χ1) is 9.08. The highest BCUT2D eigenvalue weighted by atomic mass is 16.5. The lowest BCUT2D eigenvalue weighted by molar-refractivity contribution is -0.00789. The zero-order valence-corrected chi connectivity index (χ0v) is 11.1. The Kier molecular flexibility index (Phi) is 2.88. The Labute approximate surface area is 112 Å². The van der Waals surface area contributed by atoms with Gasteiger partial charge in [0.05, 0.1) is 12.2 Å². The van der Waals surface area contributed by atoms with Gasteiger partial charge in [0.15, 0.2) is 0 Å². The zero-order chi connectivity index (χ0) is 13.5. The third kappa shape index (κ3) is 2.15. The van der Waals surface area contributed by atoms with Gasteiger partial charge in [0.1, 0.15) is 6.10 Å². The fraction of sp³-hybridized carbons (Fsp3) is 0.312. The average molecular weight is 255 g/mol. The van der Waals surface area contributed by atoms with Crippen LogP contribution in [-0.2, 0) is 16.9 Å². The molecule has 0 fully saturated rings. The maximum Gasteiger partial charge on any atom is 0.104 e. The molecule has 1 N–H and O–H groups in total. The van der Waals surface area contributed by atoms with Crippen LogP contribution in [0.15, 0.2) is 42.7 Å². The molecule has 19 heavy (non-hydrogen) atoms. The Hall–Kier alpha value is -1.71. The van der Waals surface area contributed by atoms with E-state index in [9.17, 15) is 5.11 Å². The minimum absolute atomic E-state index is 0.227. The van der Waals surface area contributed by atoms with Gasteiger partial charge in [-0.1, -0.05) is 18.2 Å². The van der Waals surface area contributed by atoms with Crippen molar-refractivity contribution in [3.05, 3.63) is 65.0 Å². The van der Waals surface area contributed by atoms with E-state index in [-0.39, 0.29) is 5.60 Å². The number of hydrogen-bond donors (Lipinski definition) is 1. The summed E-state index contributed by atoms with van der Waals surface area (Å²) in [5, 5.41) is 10.4. The van der Waals surface area contributed by atoms with E-state index in [1.54, 1.807) is 12.4 Å². The van der Waals surface area contributed by atoms with E-state index >= 15 is 0 Å². The van der Waals surface area contributed by atoms with E-state index in [0.717, 1.165) is 16.7 Å². The molecule has 1 aliphatic rings. The average Bonchev–Trinajstić information content (AvgIpc) is 2.74. The second-order valence-corrected chi connectivity index (χ2v) is 5.40. The van der Waals surface area contributed by atoms with Crippen LogP contribution in [0.25, 0.3) is 0 Å². The highest BCUT2D eigenvalue weighted by Gasteiger charge is 2.31. The van der Waals surface area contributed by atoms with E-state index in [1.165, 1.54) is 5.56 Å². The minimum Gasteiger partial charge on any atom is -0.384 e. The Bertz CT molecular complexity index is 593. The Morgan fingerprint density at radius 1 is 1.16 bits per heavy atom. The summed E-state index contributed by atoms with van der Waals surface area (Å²) in [5.74, 6) is 0. The predicted octanol–water partition coefficient (Wildman–Crippen LogP) is 2.93. The topological polar surface area (TPSA) is 42.4 Å². The van der Waals surface area contributed by atoms with Crippen LogP contribution in [0, 0.1) is 0 Å². The summed E-state index contributed by atoms with van der Waals surface area (Å²) < 4.78 is 5.76. The number of aromatic nitrogens is 1. The van der Waals surface area contributed by atoms with Gasteiger partial charge in [-0.2, -0.15) is 0 Å². The van der Waals surface area contributed by atoms with Crippen molar-refractivity contribution < 1.29 is 9.84 Å². The van der Waals surface area contributed by atoms with Crippen LogP contribution < -0.4 is 0 Å². The number of nitrogens with zero attached hydrogens (tertiary/aromatic N) is 1. The summed E-state index contributed by atoms with van der Waals surface area (Å²) in [6.07, 6.45) is 2.77. The molecule has 0 saturated heterocycles. The summed E-state index contributed by atoms with van der Waals surface area (Å²) in [7, 11) is 0. The van der Waals surface area contributed by atoms with E-state index in [4.69, 9.17) is 4.74 Å². The monoisotopic (exact) mass is 255 g/mol. The Morgan fingerprint density at radius 3 is 2.63 bits per heavy atom. The lowest BCUT2D eigenvalue weighted by Crippen LogP contribution is -2.14. The molecule has 0 bridgehead atoms. The molecule has 1 aliphatic heterocycles. The lowest BCUT2D eigenvalue weighted by Gasteiger charge is -2.19. The van der Waals surface area contributed by atoms with Gasteiger partial charge in [0, 0.05) is 12.4 Å². The third-order valence-electron chi connectivity index (χ3n) is 3.70. The van der Waals surface area contributed by atoms with Crippen molar-refractivity contribution >= 4 is 0 Å². The summed E-state index contributed by atoms with van der Waals surface area (Å²) in [6, 6.07) is 9.73. The maximum absolute atomic E-state index is 10.4. The van der Waals surface area contributed by atoms with Gasteiger partial charge >= 0.3 is 0 Å². The van der Waals surface area contributed by atoms with Gasteiger partial charge in [-0.15, -0.1) is 0 Å². The number of aliphatic hydroxyl groups excluding tert-OH is 1. The van der Waals surface area contributed by atoms with Crippen molar-refractivity contribution in [2.45, 2.75) is 32.2 Å². The zero-order valence-electron chi connectivity index (χ0n) is 11.1. The first-order valence-electron chi connectivity index (χ1n) is 6.43. The van der Waals surface area contributed by atoms with Crippen molar-refractivity contribution in [2.24, 2.45) is 0 Å². The molecule has 2 heterocycles. The summed E-state index contributed by atoms with van der Waals surface area (Å²) in [4.78, 5) is 3.97. The van der Waals surface area contributed by atoms with Gasteiger partial charge in [-0.3, -0.25) is 4.98 Å². The fourth-order valence-electron chi connectivity index (χ4n) is 2.56. The van der Waals surface area contributed by atoms with Crippen molar-refractivity contribution in [3.63, 3.8) is 0 Å². The van der Waals surface area contributed by atoms with Crippen molar-refractivity contribution in [3.8, 4) is 0 Å². The Balaban J connectivity index is 1.96. The van der Waals surface area contributed by atoms with Crippen molar-refractivity contribution in [1.29, 1.82) is 0 Å². The van der Waals surface area contributed by atoms with Crippen LogP contribution in [0.2, 0.25) is 0 Å². The van der Waals surface area contributed by atoms with Crippen LogP contribution in [0.1, 0.15) is 42.2 Å². The predicted molar refractivity (Wildman–Crippen MR) is 72.6 cm³/mol. The first-order valence-corrected chi connectivity index (χ1v) is 6.43. The van der Waals surface area contributed by atoms with Crippen LogP contribution in [0.3, 0.4) is 0 Å². The highest BCUT2D eigenvalue weighted by molar-refractivity contribution is 5.40. The largest absolute Gasteiger partial charge is 0.384 e. The third-order valence-corrected chi connectivity index (χ3v) is 3.70. The van der Waals surface area contributed by atoms with Crippen molar-refractivity contribution in [2.75, 3.05) is 0 Å². The quantitative estimate of drug-likeness (QED) is 0.897. The maximum atomic E-state index is 10.4. The molecule has 2 aromatic rings. The molecule has 0 spiro atoms. The molecular formula is C16H17NO2. The molecule has 0 amide bonds. The molecule has 1 aromatic carbocycles. The first kappa shape index (κ1) is 12.3. The molecule has 3 rings (SSSR count). The van der Waals surface area contributed by atoms with Gasteiger partial charge in [0.25, 0.3) is 0 Å². The van der Waals surface area contributed by atoms with Gasteiger partial charge in [0.2, 0.25) is 0 Å². The smallest absolute Gasteiger partial charge is 0.104 e. The van der Waals surface area contributed by atoms with Gasteiger partial charge < -0.3 is 9.84 Å². The van der Waals surface area contributed by atoms with E-state index in [0.29, 0.717) is 6.61 Å². The summed E-state index contributed by atoms with van der Waals surface area (Å²) >= 11 is 0. The molecule has 3 heteroatoms. The standard InChI is InChI=1S/C16H17NO2/c1-16(2)14-4-3-12(9-13(14)10-19-16)15(18)11-5-7-17-8-6-11/h3-9,15,18H,10H2,1-2H3. The molecule has 1 atom stereocenters. The van der Waals surface area contributed by atoms with Crippen LogP contribution in [0.4, 0.5) is 0 Å². The molecule has 98 valence electrons. The number of aliphatic hydroxyl groups is 1. The van der Waals surface area contributed by atoms with Crippen LogP contribution in [0.5, 0.6) is 0 Å². The lowest BCUT2D eigenvalue weighted by atomic mass is 9.92. The molecule has 0 aliphatic carbocycles. The number of rotatable bonds is 2. The van der Waals surface area contributed by atoms with Crippen LogP contribution >= 0.6 is 0 Å². The van der Waals surface area contributed by atoms with E-state index in [2.05, 4.69) is 24.9 Å². The normalized spacial score (nSPS) is 18.1. The number of fused-ring (bicyclic) bond motifs is 1. The number of ether oxygens (including phenoxy) is 1. The molecule has 0 saturated carbocycles. The van der Waals surface area contributed by atoms with E-state index < -0.39 is 6.10 Å². The molecule has 1 aromatic heterocycles. The fourth-order valence-corrected chi connectivity index (χ4v) is 2.56. The van der Waals surface area contributed by atoms with Crippen LogP contribution in [-0.4, -0.2) is 10.1 Å². The second kappa shape index (κ2) is 4.44. The SMILES string of the molecule is CC1(C)OCc2cc(C(O)c3ccncc3)ccc21. The van der Waals surface area contributed by atoms with Crippen molar-refractivity contribution in [1.82, 2.24) is 4.98 Å². The summed E-state index contributed by atoms with van der Waals surface area (Å²) in [6.45, 7) is 4.74. The number of pyridine rings is 1. The minimum atomic E-state index is -0.614. The number of benzene rings is 1. The highest BCUT2D eigenvalue weighted by Crippen LogP contribution is 2.37. The molecule has 3 nitrogen and oxygen atoms in total. The molecule has 0 radical (unpaired) electrons. The van der Waals surface area contributed by atoms with Gasteiger partial charge in [-0.25, -0.2) is 0 Å². The Morgan fingerprint density at radius 2 is 1.89 bits per heavy atom. The molecular weight excluding hydrogens is 238 g/mol. The van der Waals surface area contributed by atoms with E-state index in [1.807, 2.05) is 24.3 Å². The second-order valence-electron chi connectivity index (χ2n) is 5.40. The van der Waals surface area contributed by atoms with Gasteiger partial charge in [-0.05, 0) is 48.2 Å².